The molecule has 2 heterocycles. The first-order valence-electron chi connectivity index (χ1n) is 5.68. The first kappa shape index (κ1) is 13.6. The van der Waals surface area contributed by atoms with Gasteiger partial charge < -0.3 is 5.32 Å². The molecule has 1 saturated heterocycles. The van der Waals surface area contributed by atoms with Gasteiger partial charge in [0.2, 0.25) is 0 Å². The molecule has 0 bridgehead atoms. The van der Waals surface area contributed by atoms with Gasteiger partial charge in [0.15, 0.2) is 0 Å². The summed E-state index contributed by atoms with van der Waals surface area (Å²) in [7, 11) is 0. The lowest BCUT2D eigenvalue weighted by molar-refractivity contribution is -0.385. The summed E-state index contributed by atoms with van der Waals surface area (Å²) in [6.07, 6.45) is 3.71. The van der Waals surface area contributed by atoms with Crippen LogP contribution in [-0.4, -0.2) is 27.0 Å². The van der Waals surface area contributed by atoms with E-state index < -0.39 is 4.92 Å². The number of hydrogen-bond donors (Lipinski definition) is 1. The van der Waals surface area contributed by atoms with Crippen LogP contribution in [0.5, 0.6) is 0 Å². The van der Waals surface area contributed by atoms with Crippen LogP contribution < -0.4 is 5.32 Å². The van der Waals surface area contributed by atoms with Crippen LogP contribution in [0.1, 0.15) is 19.8 Å². The lowest BCUT2D eigenvalue weighted by Gasteiger charge is -2.23. The maximum atomic E-state index is 10.6. The molecule has 5 nitrogen and oxygen atoms in total. The Balaban J connectivity index is 2.03. The van der Waals surface area contributed by atoms with Gasteiger partial charge in [-0.3, -0.25) is 10.1 Å². The Labute approximate surface area is 118 Å². The molecule has 0 radical (unpaired) electrons. The second-order valence-corrected chi connectivity index (χ2v) is 7.07. The molecule has 1 unspecified atom stereocenters. The predicted octanol–water partition coefficient (Wildman–Crippen LogP) is 3.45. The van der Waals surface area contributed by atoms with Crippen LogP contribution in [0.25, 0.3) is 0 Å². The van der Waals surface area contributed by atoms with E-state index in [2.05, 4.69) is 33.2 Å². The highest BCUT2D eigenvalue weighted by Crippen LogP contribution is 2.38. The average Bonchev–Trinajstić information content (AvgIpc) is 2.75. The van der Waals surface area contributed by atoms with Crippen LogP contribution in [0.4, 0.5) is 11.5 Å². The Bertz CT molecular complexity index is 464. The fraction of sp³-hybridized carbons (Fsp3) is 0.545. The number of nitrogens with one attached hydrogen (secondary N) is 1. The Morgan fingerprint density at radius 1 is 1.72 bits per heavy atom. The molecule has 0 aliphatic carbocycles. The molecule has 0 spiro atoms. The van der Waals surface area contributed by atoms with Crippen molar-refractivity contribution >= 4 is 39.2 Å². The van der Waals surface area contributed by atoms with Crippen LogP contribution in [-0.2, 0) is 0 Å². The molecule has 2 rings (SSSR count). The summed E-state index contributed by atoms with van der Waals surface area (Å²) in [5.74, 6) is 1.86. The van der Waals surface area contributed by atoms with Crippen LogP contribution >= 0.6 is 27.7 Å². The standard InChI is InChI=1S/C11H14BrN3O2S/c1-11(3-2-4-18-11)7-14-10-9(12)5-8(6-13-10)15(16)17/h5-6H,2-4,7H2,1H3,(H,13,14). The SMILES string of the molecule is CC1(CNc2ncc([N+](=O)[O-])cc2Br)CCCS1. The van der Waals surface area contributed by atoms with E-state index >= 15 is 0 Å². The molecule has 1 aromatic rings. The molecule has 98 valence electrons. The fourth-order valence-electron chi connectivity index (χ4n) is 1.90. The molecule has 1 atom stereocenters. The van der Waals surface area contributed by atoms with Crippen molar-refractivity contribution in [1.29, 1.82) is 0 Å². The number of thioether (sulfide) groups is 1. The van der Waals surface area contributed by atoms with Crippen molar-refractivity contribution in [1.82, 2.24) is 4.98 Å². The minimum Gasteiger partial charge on any atom is -0.368 e. The molecular weight excluding hydrogens is 318 g/mol. The number of rotatable bonds is 4. The van der Waals surface area contributed by atoms with E-state index in [0.29, 0.717) is 10.3 Å². The third kappa shape index (κ3) is 3.14. The summed E-state index contributed by atoms with van der Waals surface area (Å²) in [5.41, 5.74) is -0.00567. The molecular formula is C11H14BrN3O2S. The molecule has 0 saturated carbocycles. The van der Waals surface area contributed by atoms with Gasteiger partial charge >= 0.3 is 0 Å². The zero-order chi connectivity index (χ0) is 13.2. The van der Waals surface area contributed by atoms with Crippen molar-refractivity contribution < 1.29 is 4.92 Å². The van der Waals surface area contributed by atoms with Crippen molar-refractivity contribution in [2.24, 2.45) is 0 Å². The summed E-state index contributed by atoms with van der Waals surface area (Å²) in [6, 6.07) is 1.47. The van der Waals surface area contributed by atoms with Gasteiger partial charge in [0.05, 0.1) is 9.40 Å². The Kier molecular flexibility index (Phi) is 4.11. The molecule has 1 aromatic heterocycles. The number of nitro groups is 1. The summed E-state index contributed by atoms with van der Waals surface area (Å²) in [6.45, 7) is 3.05. The summed E-state index contributed by atoms with van der Waals surface area (Å²) in [5, 5.41) is 13.9. The van der Waals surface area contributed by atoms with Crippen LogP contribution in [0.2, 0.25) is 0 Å². The number of anilines is 1. The second kappa shape index (κ2) is 5.44. The first-order chi connectivity index (χ1) is 8.50. The number of nitrogens with zero attached hydrogens (tertiary/aromatic N) is 2. The maximum Gasteiger partial charge on any atom is 0.288 e. The minimum atomic E-state index is -0.449. The van der Waals surface area contributed by atoms with Gasteiger partial charge in [-0.25, -0.2) is 4.98 Å². The third-order valence-corrected chi connectivity index (χ3v) is 5.11. The highest BCUT2D eigenvalue weighted by atomic mass is 79.9. The van der Waals surface area contributed by atoms with Gasteiger partial charge in [0, 0.05) is 17.4 Å². The summed E-state index contributed by atoms with van der Waals surface area (Å²) >= 11 is 5.27. The normalized spacial score (nSPS) is 23.0. The van der Waals surface area contributed by atoms with Crippen LogP contribution in [0.15, 0.2) is 16.7 Å². The molecule has 1 fully saturated rings. The van der Waals surface area contributed by atoms with E-state index in [1.807, 2.05) is 11.8 Å². The molecule has 1 aliphatic heterocycles. The van der Waals surface area contributed by atoms with E-state index in [9.17, 15) is 10.1 Å². The summed E-state index contributed by atoms with van der Waals surface area (Å²) in [4.78, 5) is 14.2. The van der Waals surface area contributed by atoms with Crippen molar-refractivity contribution in [3.8, 4) is 0 Å². The topological polar surface area (TPSA) is 68.1 Å². The van der Waals surface area contributed by atoms with Gasteiger partial charge in [-0.1, -0.05) is 0 Å². The Morgan fingerprint density at radius 2 is 2.50 bits per heavy atom. The van der Waals surface area contributed by atoms with Gasteiger partial charge in [-0.2, -0.15) is 11.8 Å². The quantitative estimate of drug-likeness (QED) is 0.676. The van der Waals surface area contributed by atoms with Crippen molar-refractivity contribution in [3.05, 3.63) is 26.9 Å². The second-order valence-electron chi connectivity index (χ2n) is 4.54. The minimum absolute atomic E-state index is 0.00567. The smallest absolute Gasteiger partial charge is 0.288 e. The molecule has 18 heavy (non-hydrogen) atoms. The van der Waals surface area contributed by atoms with Crippen molar-refractivity contribution in [2.75, 3.05) is 17.6 Å². The van der Waals surface area contributed by atoms with Gasteiger partial charge in [0.1, 0.15) is 12.0 Å². The monoisotopic (exact) mass is 331 g/mol. The number of pyridine rings is 1. The molecule has 0 amide bonds. The zero-order valence-corrected chi connectivity index (χ0v) is 12.4. The zero-order valence-electron chi connectivity index (χ0n) is 9.98. The summed E-state index contributed by atoms with van der Waals surface area (Å²) < 4.78 is 0.867. The lowest BCUT2D eigenvalue weighted by Crippen LogP contribution is -2.27. The van der Waals surface area contributed by atoms with Gasteiger partial charge in [0.25, 0.3) is 5.69 Å². The Morgan fingerprint density at radius 3 is 3.06 bits per heavy atom. The van der Waals surface area contributed by atoms with E-state index in [0.717, 1.165) is 6.54 Å². The van der Waals surface area contributed by atoms with E-state index in [1.54, 1.807) is 0 Å². The fourth-order valence-corrected chi connectivity index (χ4v) is 3.63. The average molecular weight is 332 g/mol. The number of halogens is 1. The molecule has 1 N–H and O–H groups in total. The highest BCUT2D eigenvalue weighted by Gasteiger charge is 2.29. The number of aromatic nitrogens is 1. The first-order valence-corrected chi connectivity index (χ1v) is 7.46. The van der Waals surface area contributed by atoms with Gasteiger partial charge in [-0.05, 0) is 41.4 Å². The van der Waals surface area contributed by atoms with Crippen LogP contribution in [0, 0.1) is 10.1 Å². The Hall–Kier alpha value is -0.820. The van der Waals surface area contributed by atoms with Crippen molar-refractivity contribution in [2.45, 2.75) is 24.5 Å². The third-order valence-electron chi connectivity index (χ3n) is 2.97. The van der Waals surface area contributed by atoms with Crippen molar-refractivity contribution in [3.63, 3.8) is 0 Å². The lowest BCUT2D eigenvalue weighted by atomic mass is 10.1. The highest BCUT2D eigenvalue weighted by molar-refractivity contribution is 9.10. The molecule has 1 aliphatic rings. The largest absolute Gasteiger partial charge is 0.368 e. The van der Waals surface area contributed by atoms with E-state index in [-0.39, 0.29) is 10.4 Å². The maximum absolute atomic E-state index is 10.6. The predicted molar refractivity (Wildman–Crippen MR) is 77.2 cm³/mol. The van der Waals surface area contributed by atoms with Gasteiger partial charge in [-0.15, -0.1) is 0 Å². The number of hydrogen-bond acceptors (Lipinski definition) is 5. The molecule has 7 heteroatoms. The van der Waals surface area contributed by atoms with E-state index in [1.165, 1.54) is 30.9 Å². The van der Waals surface area contributed by atoms with E-state index in [4.69, 9.17) is 0 Å². The molecule has 0 aromatic carbocycles. The van der Waals surface area contributed by atoms with Crippen LogP contribution in [0.3, 0.4) is 0 Å².